The summed E-state index contributed by atoms with van der Waals surface area (Å²) in [6.07, 6.45) is 11.3. The highest BCUT2D eigenvalue weighted by atomic mass is 15.3. The third-order valence-electron chi connectivity index (χ3n) is 5.82. The third kappa shape index (κ3) is 3.20. The van der Waals surface area contributed by atoms with Crippen LogP contribution in [-0.2, 0) is 0 Å². The van der Waals surface area contributed by atoms with Crippen LogP contribution in [0, 0.1) is 0 Å². The van der Waals surface area contributed by atoms with Crippen LogP contribution in [0.25, 0.3) is 0 Å². The lowest BCUT2D eigenvalue weighted by Gasteiger charge is -2.53. The first-order valence-electron chi connectivity index (χ1n) is 8.97. The number of likely N-dealkylation sites (tertiary alicyclic amines) is 1. The molecule has 3 heteroatoms. The summed E-state index contributed by atoms with van der Waals surface area (Å²) in [6, 6.07) is 3.44. The summed E-state index contributed by atoms with van der Waals surface area (Å²) in [7, 11) is 2.28. The van der Waals surface area contributed by atoms with E-state index in [1.165, 1.54) is 71.0 Å². The number of nitrogens with zero attached hydrogens (tertiary/aromatic N) is 2. The van der Waals surface area contributed by atoms with Gasteiger partial charge in [0.25, 0.3) is 0 Å². The maximum Gasteiger partial charge on any atom is 0.0125 e. The molecule has 0 saturated carbocycles. The maximum atomic E-state index is 3.80. The van der Waals surface area contributed by atoms with Crippen LogP contribution in [0.15, 0.2) is 0 Å². The van der Waals surface area contributed by atoms with E-state index < -0.39 is 0 Å². The van der Waals surface area contributed by atoms with Crippen molar-refractivity contribution in [2.24, 2.45) is 0 Å². The average molecular weight is 279 g/mol. The van der Waals surface area contributed by atoms with Gasteiger partial charge in [0.2, 0.25) is 0 Å². The summed E-state index contributed by atoms with van der Waals surface area (Å²) in [4.78, 5) is 5.47. The van der Waals surface area contributed by atoms with Crippen molar-refractivity contribution in [2.45, 2.75) is 82.5 Å². The van der Waals surface area contributed by atoms with E-state index in [1.54, 1.807) is 0 Å². The van der Waals surface area contributed by atoms with Crippen molar-refractivity contribution < 1.29 is 0 Å². The fourth-order valence-corrected chi connectivity index (χ4v) is 4.82. The molecule has 116 valence electrons. The minimum Gasteiger partial charge on any atom is -0.314 e. The predicted octanol–water partition coefficient (Wildman–Crippen LogP) is 2.47. The van der Waals surface area contributed by atoms with E-state index in [9.17, 15) is 0 Å². The SMILES string of the molecule is CCCNC1CC2CCCC(C1)N2C1CCN(C)CC1. The van der Waals surface area contributed by atoms with E-state index in [-0.39, 0.29) is 0 Å². The highest BCUT2D eigenvalue weighted by Crippen LogP contribution is 2.37. The Morgan fingerprint density at radius 1 is 0.950 bits per heavy atom. The number of fused-ring (bicyclic) bond motifs is 2. The Labute approximate surface area is 125 Å². The van der Waals surface area contributed by atoms with Crippen LogP contribution >= 0.6 is 0 Å². The minimum absolute atomic E-state index is 0.799. The molecule has 0 amide bonds. The largest absolute Gasteiger partial charge is 0.314 e. The van der Waals surface area contributed by atoms with Crippen molar-refractivity contribution in [3.8, 4) is 0 Å². The zero-order valence-corrected chi connectivity index (χ0v) is 13.5. The van der Waals surface area contributed by atoms with Gasteiger partial charge in [0.15, 0.2) is 0 Å². The van der Waals surface area contributed by atoms with Gasteiger partial charge in [-0.2, -0.15) is 0 Å². The molecule has 20 heavy (non-hydrogen) atoms. The molecule has 0 aromatic carbocycles. The number of rotatable bonds is 4. The lowest BCUT2D eigenvalue weighted by Crippen LogP contribution is -2.61. The molecule has 2 unspecified atom stereocenters. The van der Waals surface area contributed by atoms with Gasteiger partial charge in [-0.05, 0) is 71.6 Å². The van der Waals surface area contributed by atoms with Crippen molar-refractivity contribution in [2.75, 3.05) is 26.7 Å². The molecule has 3 rings (SSSR count). The van der Waals surface area contributed by atoms with Crippen LogP contribution in [0.4, 0.5) is 0 Å². The minimum atomic E-state index is 0.799. The topological polar surface area (TPSA) is 18.5 Å². The summed E-state index contributed by atoms with van der Waals surface area (Å²) in [6.45, 7) is 6.09. The summed E-state index contributed by atoms with van der Waals surface area (Å²) in [5, 5.41) is 3.80. The van der Waals surface area contributed by atoms with Crippen molar-refractivity contribution >= 4 is 0 Å². The molecule has 3 saturated heterocycles. The molecule has 0 aromatic heterocycles. The fourth-order valence-electron chi connectivity index (χ4n) is 4.82. The van der Waals surface area contributed by atoms with E-state index in [1.807, 2.05) is 0 Å². The summed E-state index contributed by atoms with van der Waals surface area (Å²) >= 11 is 0. The van der Waals surface area contributed by atoms with E-state index in [2.05, 4.69) is 29.1 Å². The number of hydrogen-bond acceptors (Lipinski definition) is 3. The van der Waals surface area contributed by atoms with Crippen LogP contribution in [0.5, 0.6) is 0 Å². The smallest absolute Gasteiger partial charge is 0.0125 e. The lowest BCUT2D eigenvalue weighted by molar-refractivity contribution is -0.0285. The van der Waals surface area contributed by atoms with Crippen molar-refractivity contribution in [3.05, 3.63) is 0 Å². The molecule has 0 radical (unpaired) electrons. The Morgan fingerprint density at radius 2 is 1.60 bits per heavy atom. The first-order valence-corrected chi connectivity index (χ1v) is 8.97. The van der Waals surface area contributed by atoms with Gasteiger partial charge < -0.3 is 10.2 Å². The van der Waals surface area contributed by atoms with Gasteiger partial charge in [-0.15, -0.1) is 0 Å². The fraction of sp³-hybridized carbons (Fsp3) is 1.00. The van der Waals surface area contributed by atoms with E-state index in [4.69, 9.17) is 0 Å². The first kappa shape index (κ1) is 14.8. The van der Waals surface area contributed by atoms with Gasteiger partial charge in [-0.25, -0.2) is 0 Å². The molecule has 1 N–H and O–H groups in total. The molecule has 3 nitrogen and oxygen atoms in total. The molecular formula is C17H33N3. The maximum absolute atomic E-state index is 3.80. The monoisotopic (exact) mass is 279 g/mol. The Bertz CT molecular complexity index is 285. The summed E-state index contributed by atoms with van der Waals surface area (Å²) in [5.74, 6) is 0. The van der Waals surface area contributed by atoms with Crippen molar-refractivity contribution in [1.29, 1.82) is 0 Å². The second-order valence-corrected chi connectivity index (χ2v) is 7.34. The van der Waals surface area contributed by atoms with Gasteiger partial charge in [0, 0.05) is 24.2 Å². The zero-order chi connectivity index (χ0) is 13.9. The van der Waals surface area contributed by atoms with Gasteiger partial charge in [-0.3, -0.25) is 4.90 Å². The number of nitrogens with one attached hydrogen (secondary N) is 1. The summed E-state index contributed by atoms with van der Waals surface area (Å²) in [5.41, 5.74) is 0. The second kappa shape index (κ2) is 6.76. The van der Waals surface area contributed by atoms with Gasteiger partial charge in [-0.1, -0.05) is 13.3 Å². The van der Waals surface area contributed by atoms with Gasteiger partial charge in [0.1, 0.15) is 0 Å². The molecule has 3 aliphatic heterocycles. The molecule has 2 bridgehead atoms. The second-order valence-electron chi connectivity index (χ2n) is 7.34. The average Bonchev–Trinajstić information content (AvgIpc) is 2.45. The van der Waals surface area contributed by atoms with Gasteiger partial charge in [0.05, 0.1) is 0 Å². The molecule has 0 aliphatic carbocycles. The Balaban J connectivity index is 1.61. The van der Waals surface area contributed by atoms with Crippen molar-refractivity contribution in [3.63, 3.8) is 0 Å². The highest BCUT2D eigenvalue weighted by Gasteiger charge is 2.41. The normalized spacial score (nSPS) is 37.2. The molecule has 2 atom stereocenters. The Morgan fingerprint density at radius 3 is 2.20 bits per heavy atom. The van der Waals surface area contributed by atoms with Crippen LogP contribution in [0.3, 0.4) is 0 Å². The standard InChI is InChI=1S/C17H33N3/c1-3-9-18-14-12-16-5-4-6-17(13-14)20(16)15-7-10-19(2)11-8-15/h14-18H,3-13H2,1-2H3. The van der Waals surface area contributed by atoms with Crippen LogP contribution in [0.1, 0.15) is 58.3 Å². The van der Waals surface area contributed by atoms with Crippen molar-refractivity contribution in [1.82, 2.24) is 15.1 Å². The Kier molecular flexibility index (Phi) is 5.00. The number of piperidine rings is 3. The third-order valence-corrected chi connectivity index (χ3v) is 5.82. The molecule has 3 fully saturated rings. The first-order chi connectivity index (χ1) is 9.78. The highest BCUT2D eigenvalue weighted by molar-refractivity contribution is 4.98. The van der Waals surface area contributed by atoms with E-state index in [0.717, 1.165) is 24.2 Å². The van der Waals surface area contributed by atoms with Crippen LogP contribution < -0.4 is 5.32 Å². The molecule has 3 heterocycles. The van der Waals surface area contributed by atoms with Crippen LogP contribution in [0.2, 0.25) is 0 Å². The van der Waals surface area contributed by atoms with E-state index in [0.29, 0.717) is 0 Å². The molecule has 3 aliphatic rings. The quantitative estimate of drug-likeness (QED) is 0.853. The van der Waals surface area contributed by atoms with Crippen LogP contribution in [-0.4, -0.2) is 60.6 Å². The number of hydrogen-bond donors (Lipinski definition) is 1. The summed E-state index contributed by atoms with van der Waals surface area (Å²) < 4.78 is 0. The Hall–Kier alpha value is -0.120. The molecule has 0 spiro atoms. The lowest BCUT2D eigenvalue weighted by atomic mass is 9.79. The van der Waals surface area contributed by atoms with Gasteiger partial charge >= 0.3 is 0 Å². The molecule has 0 aromatic rings. The van der Waals surface area contributed by atoms with E-state index >= 15 is 0 Å². The molecular weight excluding hydrogens is 246 g/mol. The predicted molar refractivity (Wildman–Crippen MR) is 85.1 cm³/mol. The zero-order valence-electron chi connectivity index (χ0n) is 13.5.